The van der Waals surface area contributed by atoms with Gasteiger partial charge in [0.05, 0.1) is 17.5 Å². The van der Waals surface area contributed by atoms with Crippen molar-refractivity contribution in [1.29, 1.82) is 0 Å². The summed E-state index contributed by atoms with van der Waals surface area (Å²) in [4.78, 5) is 18.0. The van der Waals surface area contributed by atoms with Crippen molar-refractivity contribution in [3.63, 3.8) is 0 Å². The van der Waals surface area contributed by atoms with E-state index in [1.54, 1.807) is 0 Å². The topological polar surface area (TPSA) is 64.7 Å². The lowest BCUT2D eigenvalue weighted by atomic mass is 9.76. The van der Waals surface area contributed by atoms with Gasteiger partial charge in [0.1, 0.15) is 5.54 Å². The predicted molar refractivity (Wildman–Crippen MR) is 136 cm³/mol. The van der Waals surface area contributed by atoms with Crippen molar-refractivity contribution < 1.29 is 9.53 Å². The first-order valence-corrected chi connectivity index (χ1v) is 11.4. The largest absolute Gasteiger partial charge is 0.461 e. The van der Waals surface area contributed by atoms with Gasteiger partial charge in [-0.05, 0) is 43.4 Å². The van der Waals surface area contributed by atoms with Gasteiger partial charge >= 0.3 is 5.97 Å². The van der Waals surface area contributed by atoms with Crippen molar-refractivity contribution in [3.8, 4) is 0 Å². The highest BCUT2D eigenvalue weighted by atomic mass is 16.5. The van der Waals surface area contributed by atoms with Gasteiger partial charge in [-0.25, -0.2) is 9.79 Å². The molecule has 1 atom stereocenters. The Morgan fingerprint density at radius 3 is 1.76 bits per heavy atom. The van der Waals surface area contributed by atoms with Crippen molar-refractivity contribution in [2.24, 2.45) is 16.1 Å². The van der Waals surface area contributed by atoms with Crippen LogP contribution in [0.25, 0.3) is 0 Å². The van der Waals surface area contributed by atoms with Gasteiger partial charge in [-0.2, -0.15) is 0 Å². The third-order valence-corrected chi connectivity index (χ3v) is 5.23. The third-order valence-electron chi connectivity index (χ3n) is 5.23. The first-order valence-electron chi connectivity index (χ1n) is 11.4. The molecule has 0 saturated heterocycles. The summed E-state index contributed by atoms with van der Waals surface area (Å²) in [6.45, 7) is 9.88. The van der Waals surface area contributed by atoms with Crippen LogP contribution in [-0.2, 0) is 15.1 Å². The Balaban J connectivity index is 2.01. The number of nitrogens with two attached hydrogens (primary N) is 1. The Bertz CT molecular complexity index is 1040. The molecule has 0 aliphatic rings. The van der Waals surface area contributed by atoms with Crippen molar-refractivity contribution in [3.05, 3.63) is 102 Å². The summed E-state index contributed by atoms with van der Waals surface area (Å²) in [7, 11) is 0. The summed E-state index contributed by atoms with van der Waals surface area (Å²) in [6.07, 6.45) is 0.233. The highest BCUT2D eigenvalue weighted by Gasteiger charge is 2.41. The van der Waals surface area contributed by atoms with Crippen LogP contribution in [0.3, 0.4) is 0 Å². The maximum Gasteiger partial charge on any atom is 0.331 e. The van der Waals surface area contributed by atoms with Crippen LogP contribution in [0.1, 0.15) is 57.7 Å². The van der Waals surface area contributed by atoms with Crippen LogP contribution in [0.4, 0.5) is 5.69 Å². The zero-order valence-electron chi connectivity index (χ0n) is 20.2. The lowest BCUT2D eigenvalue weighted by Crippen LogP contribution is -2.49. The van der Waals surface area contributed by atoms with Gasteiger partial charge in [-0.15, -0.1) is 0 Å². The van der Waals surface area contributed by atoms with Gasteiger partial charge in [0.2, 0.25) is 0 Å². The zero-order valence-corrected chi connectivity index (χ0v) is 20.2. The fraction of sp³-hybridized carbons (Fsp3) is 0.310. The fourth-order valence-corrected chi connectivity index (χ4v) is 3.90. The van der Waals surface area contributed by atoms with Crippen LogP contribution in [0.15, 0.2) is 89.9 Å². The van der Waals surface area contributed by atoms with Crippen LogP contribution >= 0.6 is 0 Å². The number of carbonyl (C=O) groups excluding carboxylic acids is 1. The number of esters is 1. The Morgan fingerprint density at radius 1 is 0.848 bits per heavy atom. The van der Waals surface area contributed by atoms with E-state index >= 15 is 0 Å². The molecular formula is C29H34N2O2. The molecule has 0 bridgehead atoms. The number of rotatable bonds is 7. The molecule has 4 nitrogen and oxygen atoms in total. The molecular weight excluding hydrogens is 408 g/mol. The van der Waals surface area contributed by atoms with Crippen LogP contribution < -0.4 is 5.73 Å². The van der Waals surface area contributed by atoms with E-state index < -0.39 is 11.5 Å². The molecule has 1 unspecified atom stereocenters. The number of aliphatic imine (C=N–C) groups is 1. The SMILES string of the molecule is CC(C)OC(=O)C(N)(CC(C)(C)C)c1ccc(N=C(c2ccccc2)c2ccccc2)cc1. The van der Waals surface area contributed by atoms with Gasteiger partial charge in [-0.1, -0.05) is 93.6 Å². The van der Waals surface area contributed by atoms with E-state index in [9.17, 15) is 4.79 Å². The number of nitrogens with zero attached hydrogens (tertiary/aromatic N) is 1. The highest BCUT2D eigenvalue weighted by molar-refractivity contribution is 6.13. The number of carbonyl (C=O) groups is 1. The molecule has 0 fully saturated rings. The first-order chi connectivity index (χ1) is 15.6. The standard InChI is InChI=1S/C29H34N2O2/c1-21(2)33-27(32)29(30,20-28(3,4)5)24-16-18-25(19-17-24)31-26(22-12-8-6-9-13-22)23-14-10-7-11-15-23/h6-19,21H,20,30H2,1-5H3. The maximum absolute atomic E-state index is 13.0. The van der Waals surface area contributed by atoms with E-state index in [0.29, 0.717) is 6.42 Å². The molecule has 33 heavy (non-hydrogen) atoms. The van der Waals surface area contributed by atoms with Gasteiger partial charge in [0.25, 0.3) is 0 Å². The summed E-state index contributed by atoms with van der Waals surface area (Å²) in [5, 5.41) is 0. The second-order valence-corrected chi connectivity index (χ2v) is 9.90. The smallest absolute Gasteiger partial charge is 0.331 e. The molecule has 2 N–H and O–H groups in total. The Labute approximate surface area is 197 Å². The molecule has 4 heteroatoms. The van der Waals surface area contributed by atoms with Gasteiger partial charge < -0.3 is 10.5 Å². The van der Waals surface area contributed by atoms with Crippen molar-refractivity contribution >= 4 is 17.4 Å². The number of hydrogen-bond donors (Lipinski definition) is 1. The lowest BCUT2D eigenvalue weighted by molar-refractivity contribution is -0.156. The van der Waals surface area contributed by atoms with E-state index in [1.807, 2.05) is 74.5 Å². The molecule has 3 rings (SSSR count). The average Bonchev–Trinajstić information content (AvgIpc) is 2.77. The molecule has 172 valence electrons. The van der Waals surface area contributed by atoms with Crippen molar-refractivity contribution in [2.75, 3.05) is 0 Å². The minimum absolute atomic E-state index is 0.157. The summed E-state index contributed by atoms with van der Waals surface area (Å²) in [5.41, 5.74) is 9.81. The van der Waals surface area contributed by atoms with Gasteiger partial charge in [0, 0.05) is 11.1 Å². The lowest BCUT2D eigenvalue weighted by Gasteiger charge is -2.34. The summed E-state index contributed by atoms with van der Waals surface area (Å²) in [6, 6.07) is 27.8. The van der Waals surface area contributed by atoms with Gasteiger partial charge in [0.15, 0.2) is 0 Å². The summed E-state index contributed by atoms with van der Waals surface area (Å²) >= 11 is 0. The predicted octanol–water partition coefficient (Wildman–Crippen LogP) is 6.40. The van der Waals surface area contributed by atoms with Gasteiger partial charge in [-0.3, -0.25) is 0 Å². The number of ether oxygens (including phenoxy) is 1. The van der Waals surface area contributed by atoms with Crippen LogP contribution in [0, 0.1) is 5.41 Å². The van der Waals surface area contributed by atoms with E-state index in [4.69, 9.17) is 15.5 Å². The highest BCUT2D eigenvalue weighted by Crippen LogP contribution is 2.35. The molecule has 0 radical (unpaired) electrons. The molecule has 0 saturated carbocycles. The van der Waals surface area contributed by atoms with E-state index in [0.717, 1.165) is 28.1 Å². The van der Waals surface area contributed by atoms with Crippen molar-refractivity contribution in [1.82, 2.24) is 0 Å². The monoisotopic (exact) mass is 442 g/mol. The average molecular weight is 443 g/mol. The summed E-state index contributed by atoms with van der Waals surface area (Å²) < 4.78 is 5.53. The molecule has 0 heterocycles. The second-order valence-electron chi connectivity index (χ2n) is 9.90. The normalized spacial score (nSPS) is 13.3. The molecule has 0 aliphatic carbocycles. The summed E-state index contributed by atoms with van der Waals surface area (Å²) in [5.74, 6) is -0.405. The van der Waals surface area contributed by atoms with Crippen LogP contribution in [-0.4, -0.2) is 17.8 Å². The second kappa shape index (κ2) is 10.1. The molecule has 0 aliphatic heterocycles. The minimum atomic E-state index is -1.23. The molecule has 0 amide bonds. The van der Waals surface area contributed by atoms with Crippen molar-refractivity contribution in [2.45, 2.75) is 52.7 Å². The number of benzene rings is 3. The van der Waals surface area contributed by atoms with Crippen LogP contribution in [0.2, 0.25) is 0 Å². The zero-order chi connectivity index (χ0) is 24.1. The Kier molecular flexibility index (Phi) is 7.50. The minimum Gasteiger partial charge on any atom is -0.461 e. The quantitative estimate of drug-likeness (QED) is 0.340. The third kappa shape index (κ3) is 6.39. The van der Waals surface area contributed by atoms with E-state index in [2.05, 4.69) is 45.0 Å². The Hall–Kier alpha value is -3.24. The molecule has 0 aromatic heterocycles. The van der Waals surface area contributed by atoms with Crippen LogP contribution in [0.5, 0.6) is 0 Å². The maximum atomic E-state index is 13.0. The molecule has 3 aromatic rings. The van der Waals surface area contributed by atoms with E-state index in [-0.39, 0.29) is 11.5 Å². The fourth-order valence-electron chi connectivity index (χ4n) is 3.90. The first kappa shape index (κ1) is 24.4. The molecule has 3 aromatic carbocycles. The number of hydrogen-bond acceptors (Lipinski definition) is 4. The molecule has 0 spiro atoms. The Morgan fingerprint density at radius 2 is 1.33 bits per heavy atom. The van der Waals surface area contributed by atoms with E-state index in [1.165, 1.54) is 0 Å².